The van der Waals surface area contributed by atoms with Crippen molar-refractivity contribution in [3.05, 3.63) is 40.9 Å². The number of aliphatic hydroxyl groups excluding tert-OH is 1. The highest BCUT2D eigenvalue weighted by Gasteiger charge is 2.22. The van der Waals surface area contributed by atoms with Gasteiger partial charge in [0.1, 0.15) is 13.2 Å². The van der Waals surface area contributed by atoms with Gasteiger partial charge in [-0.3, -0.25) is 4.79 Å². The molecule has 2 aromatic heterocycles. The van der Waals surface area contributed by atoms with Gasteiger partial charge < -0.3 is 19.3 Å². The van der Waals surface area contributed by atoms with Crippen LogP contribution < -0.4 is 4.74 Å². The van der Waals surface area contributed by atoms with E-state index in [4.69, 9.17) is 9.26 Å². The number of rotatable bonds is 8. The van der Waals surface area contributed by atoms with Gasteiger partial charge in [-0.2, -0.15) is 0 Å². The number of aromatic nitrogens is 2. The van der Waals surface area contributed by atoms with E-state index in [2.05, 4.69) is 17.1 Å². The average molecular weight is 345 g/mol. The molecule has 134 valence electrons. The van der Waals surface area contributed by atoms with Crippen molar-refractivity contribution in [3.63, 3.8) is 0 Å². The first-order valence-corrected chi connectivity index (χ1v) is 8.68. The number of likely N-dealkylation sites (tertiary alicyclic amines) is 1. The lowest BCUT2D eigenvalue weighted by molar-refractivity contribution is 0.0651. The summed E-state index contributed by atoms with van der Waals surface area (Å²) in [5, 5.41) is 13.4. The number of hydrogen-bond donors (Lipinski definition) is 1. The van der Waals surface area contributed by atoms with Gasteiger partial charge in [0.15, 0.2) is 5.76 Å². The maximum absolute atomic E-state index is 12.1. The molecule has 25 heavy (non-hydrogen) atoms. The van der Waals surface area contributed by atoms with Gasteiger partial charge in [0.2, 0.25) is 5.88 Å². The third kappa shape index (κ3) is 3.99. The van der Waals surface area contributed by atoms with Crippen molar-refractivity contribution in [2.45, 2.75) is 45.8 Å². The Hall–Kier alpha value is -2.41. The van der Waals surface area contributed by atoms with E-state index in [1.165, 1.54) is 6.20 Å². The first-order valence-electron chi connectivity index (χ1n) is 8.68. The van der Waals surface area contributed by atoms with E-state index in [0.29, 0.717) is 17.2 Å². The van der Waals surface area contributed by atoms with Crippen molar-refractivity contribution < 1.29 is 19.2 Å². The van der Waals surface area contributed by atoms with Crippen LogP contribution >= 0.6 is 0 Å². The van der Waals surface area contributed by atoms with E-state index < -0.39 is 0 Å². The number of amides is 1. The topological polar surface area (TPSA) is 88.7 Å². The molecule has 3 heterocycles. The van der Waals surface area contributed by atoms with E-state index >= 15 is 0 Å². The van der Waals surface area contributed by atoms with E-state index in [1.54, 1.807) is 17.0 Å². The van der Waals surface area contributed by atoms with E-state index in [1.807, 2.05) is 0 Å². The van der Waals surface area contributed by atoms with Gasteiger partial charge in [0.05, 0.1) is 16.8 Å². The van der Waals surface area contributed by atoms with Crippen LogP contribution in [0.5, 0.6) is 5.88 Å². The number of aliphatic hydroxyl groups is 1. The summed E-state index contributed by atoms with van der Waals surface area (Å²) in [5.74, 6) is 0.858. The summed E-state index contributed by atoms with van der Waals surface area (Å²) in [6, 6.07) is 3.41. The summed E-state index contributed by atoms with van der Waals surface area (Å²) in [6.45, 7) is 3.75. The van der Waals surface area contributed by atoms with Gasteiger partial charge in [-0.1, -0.05) is 18.5 Å². The number of ether oxygens (including phenoxy) is 1. The molecule has 3 rings (SSSR count). The zero-order valence-corrected chi connectivity index (χ0v) is 14.4. The zero-order chi connectivity index (χ0) is 17.6. The highest BCUT2D eigenvalue weighted by molar-refractivity contribution is 5.94. The fourth-order valence-corrected chi connectivity index (χ4v) is 2.65. The minimum Gasteiger partial charge on any atom is -0.473 e. The zero-order valence-electron chi connectivity index (χ0n) is 14.4. The molecule has 0 atom stereocenters. The van der Waals surface area contributed by atoms with Gasteiger partial charge in [-0.25, -0.2) is 4.98 Å². The molecule has 1 aliphatic heterocycles. The number of carbonyl (C=O) groups is 1. The second-order valence-electron chi connectivity index (χ2n) is 6.11. The molecule has 7 heteroatoms. The first-order chi connectivity index (χ1) is 12.2. The smallest absolute Gasteiger partial charge is 0.255 e. The fraction of sp³-hybridized carbons (Fsp3) is 0.500. The van der Waals surface area contributed by atoms with Crippen molar-refractivity contribution in [3.8, 4) is 5.88 Å². The summed E-state index contributed by atoms with van der Waals surface area (Å²) in [7, 11) is 0. The monoisotopic (exact) mass is 345 g/mol. The predicted octanol–water partition coefficient (Wildman–Crippen LogP) is 2.33. The lowest BCUT2D eigenvalue weighted by atomic mass is 10.1. The molecule has 0 bridgehead atoms. The van der Waals surface area contributed by atoms with Crippen LogP contribution in [-0.4, -0.2) is 39.1 Å². The third-order valence-corrected chi connectivity index (χ3v) is 4.35. The average Bonchev–Trinajstić information content (AvgIpc) is 2.98. The maximum Gasteiger partial charge on any atom is 0.255 e. The number of nitrogens with zero attached hydrogens (tertiary/aromatic N) is 3. The van der Waals surface area contributed by atoms with Gasteiger partial charge >= 0.3 is 0 Å². The summed E-state index contributed by atoms with van der Waals surface area (Å²) in [4.78, 5) is 18.1. The van der Waals surface area contributed by atoms with Crippen LogP contribution in [0.25, 0.3) is 0 Å². The van der Waals surface area contributed by atoms with E-state index in [0.717, 1.165) is 50.0 Å². The number of pyridine rings is 1. The number of aryl methyl sites for hydroxylation is 1. The normalized spacial score (nSPS) is 13.6. The van der Waals surface area contributed by atoms with Gasteiger partial charge in [-0.05, 0) is 25.3 Å². The Morgan fingerprint density at radius 2 is 2.24 bits per heavy atom. The van der Waals surface area contributed by atoms with E-state index in [-0.39, 0.29) is 19.1 Å². The van der Waals surface area contributed by atoms with Crippen molar-refractivity contribution in [2.24, 2.45) is 0 Å². The number of unbranched alkanes of at least 4 members (excludes halogenated alkanes) is 1. The molecule has 1 fully saturated rings. The molecule has 0 saturated carbocycles. The molecule has 0 aromatic carbocycles. The second kappa shape index (κ2) is 8.11. The minimum atomic E-state index is -0.214. The SMILES string of the molecule is CCCCc1noc(CO)c1COc1ccc(C(=O)N2CCC2)cn1. The van der Waals surface area contributed by atoms with Crippen LogP contribution in [0.4, 0.5) is 0 Å². The van der Waals surface area contributed by atoms with Crippen LogP contribution in [0.3, 0.4) is 0 Å². The Kier molecular flexibility index (Phi) is 5.65. The van der Waals surface area contributed by atoms with Gasteiger partial charge in [0, 0.05) is 25.4 Å². The van der Waals surface area contributed by atoms with Crippen molar-refractivity contribution in [1.29, 1.82) is 0 Å². The molecule has 0 unspecified atom stereocenters. The number of carbonyl (C=O) groups excluding carboxylic acids is 1. The van der Waals surface area contributed by atoms with Gasteiger partial charge in [-0.15, -0.1) is 0 Å². The van der Waals surface area contributed by atoms with Crippen LogP contribution in [0.2, 0.25) is 0 Å². The molecule has 0 aliphatic carbocycles. The molecule has 1 N–H and O–H groups in total. The summed E-state index contributed by atoms with van der Waals surface area (Å²) in [5.41, 5.74) is 2.16. The molecule has 0 spiro atoms. The minimum absolute atomic E-state index is 0.00810. The Bertz CT molecular complexity index is 708. The lowest BCUT2D eigenvalue weighted by Gasteiger charge is -2.30. The highest BCUT2D eigenvalue weighted by Crippen LogP contribution is 2.20. The Morgan fingerprint density at radius 1 is 1.40 bits per heavy atom. The highest BCUT2D eigenvalue weighted by atomic mass is 16.5. The third-order valence-electron chi connectivity index (χ3n) is 4.35. The van der Waals surface area contributed by atoms with Crippen LogP contribution in [0.15, 0.2) is 22.9 Å². The Morgan fingerprint density at radius 3 is 2.84 bits per heavy atom. The van der Waals surface area contributed by atoms with E-state index in [9.17, 15) is 9.90 Å². The predicted molar refractivity (Wildman–Crippen MR) is 90.1 cm³/mol. The first kappa shape index (κ1) is 17.4. The molecular weight excluding hydrogens is 322 g/mol. The summed E-state index contributed by atoms with van der Waals surface area (Å²) >= 11 is 0. The van der Waals surface area contributed by atoms with Crippen LogP contribution in [0, 0.1) is 0 Å². The number of hydrogen-bond acceptors (Lipinski definition) is 6. The largest absolute Gasteiger partial charge is 0.473 e. The Balaban J connectivity index is 1.63. The fourth-order valence-electron chi connectivity index (χ4n) is 2.65. The molecule has 7 nitrogen and oxygen atoms in total. The second-order valence-corrected chi connectivity index (χ2v) is 6.11. The van der Waals surface area contributed by atoms with Gasteiger partial charge in [0.25, 0.3) is 5.91 Å². The quantitative estimate of drug-likeness (QED) is 0.790. The molecular formula is C18H23N3O4. The maximum atomic E-state index is 12.1. The van der Waals surface area contributed by atoms with Crippen molar-refractivity contribution in [2.75, 3.05) is 13.1 Å². The van der Waals surface area contributed by atoms with Crippen LogP contribution in [-0.2, 0) is 19.6 Å². The van der Waals surface area contributed by atoms with Crippen molar-refractivity contribution in [1.82, 2.24) is 15.0 Å². The lowest BCUT2D eigenvalue weighted by Crippen LogP contribution is -2.42. The molecule has 1 saturated heterocycles. The van der Waals surface area contributed by atoms with Crippen LogP contribution in [0.1, 0.15) is 53.6 Å². The summed E-state index contributed by atoms with van der Waals surface area (Å²) in [6.07, 6.45) is 5.43. The Labute approximate surface area is 146 Å². The summed E-state index contributed by atoms with van der Waals surface area (Å²) < 4.78 is 10.9. The van der Waals surface area contributed by atoms with Crippen molar-refractivity contribution >= 4 is 5.91 Å². The molecule has 2 aromatic rings. The standard InChI is InChI=1S/C18H23N3O4/c1-2-3-5-15-14(16(11-22)25-20-15)12-24-17-7-6-13(10-19-17)18(23)21-8-4-9-21/h6-7,10,22H,2-5,8-9,11-12H2,1H3. The molecule has 1 aliphatic rings. The molecule has 0 radical (unpaired) electrons. The molecule has 1 amide bonds.